The van der Waals surface area contributed by atoms with E-state index in [1.165, 1.54) is 12.1 Å². The zero-order chi connectivity index (χ0) is 14.6. The van der Waals surface area contributed by atoms with Gasteiger partial charge in [0.1, 0.15) is 6.04 Å². The molecule has 1 unspecified atom stereocenters. The summed E-state index contributed by atoms with van der Waals surface area (Å²) < 4.78 is 26.2. The van der Waals surface area contributed by atoms with E-state index in [2.05, 4.69) is 4.72 Å². The van der Waals surface area contributed by atoms with Gasteiger partial charge in [-0.1, -0.05) is 6.92 Å². The molecule has 0 heterocycles. The predicted octanol–water partition coefficient (Wildman–Crippen LogP) is 0.894. The SMILES string of the molecule is CCC(NS(=O)(=O)c1ccc(N(C)C)cc1)C(=O)O. The summed E-state index contributed by atoms with van der Waals surface area (Å²) in [5.74, 6) is -1.18. The molecule has 106 valence electrons. The summed E-state index contributed by atoms with van der Waals surface area (Å²) in [5.41, 5.74) is 0.865. The first-order chi connectivity index (χ1) is 8.77. The monoisotopic (exact) mass is 286 g/mol. The van der Waals surface area contributed by atoms with E-state index < -0.39 is 22.0 Å². The predicted molar refractivity (Wildman–Crippen MR) is 72.8 cm³/mol. The van der Waals surface area contributed by atoms with E-state index in [-0.39, 0.29) is 11.3 Å². The number of aliphatic carboxylic acids is 1. The first-order valence-electron chi connectivity index (χ1n) is 5.80. The van der Waals surface area contributed by atoms with Crippen LogP contribution in [-0.4, -0.2) is 39.6 Å². The van der Waals surface area contributed by atoms with Crippen LogP contribution in [0.4, 0.5) is 5.69 Å². The Bertz CT molecular complexity index is 537. The molecule has 0 radical (unpaired) electrons. The van der Waals surface area contributed by atoms with Crippen LogP contribution in [-0.2, 0) is 14.8 Å². The third kappa shape index (κ3) is 3.93. The highest BCUT2D eigenvalue weighted by Crippen LogP contribution is 2.16. The molecule has 7 heteroatoms. The van der Waals surface area contributed by atoms with Gasteiger partial charge < -0.3 is 10.0 Å². The Balaban J connectivity index is 2.97. The van der Waals surface area contributed by atoms with Gasteiger partial charge in [0.15, 0.2) is 0 Å². The normalized spacial score (nSPS) is 13.0. The zero-order valence-corrected chi connectivity index (χ0v) is 11.9. The number of anilines is 1. The Labute approximate surface area is 113 Å². The maximum Gasteiger partial charge on any atom is 0.321 e. The number of benzene rings is 1. The first-order valence-corrected chi connectivity index (χ1v) is 7.28. The van der Waals surface area contributed by atoms with Gasteiger partial charge in [-0.05, 0) is 30.7 Å². The van der Waals surface area contributed by atoms with Gasteiger partial charge in [-0.3, -0.25) is 4.79 Å². The van der Waals surface area contributed by atoms with Crippen molar-refractivity contribution >= 4 is 21.7 Å². The van der Waals surface area contributed by atoms with Crippen LogP contribution in [0, 0.1) is 0 Å². The highest BCUT2D eigenvalue weighted by molar-refractivity contribution is 7.89. The summed E-state index contributed by atoms with van der Waals surface area (Å²) in [6.07, 6.45) is 0.185. The summed E-state index contributed by atoms with van der Waals surface area (Å²) in [6, 6.07) is 5.11. The molecule has 19 heavy (non-hydrogen) atoms. The van der Waals surface area contributed by atoms with Gasteiger partial charge in [0.2, 0.25) is 10.0 Å². The van der Waals surface area contributed by atoms with Gasteiger partial charge in [0, 0.05) is 19.8 Å². The molecule has 0 fully saturated rings. The van der Waals surface area contributed by atoms with E-state index in [9.17, 15) is 13.2 Å². The summed E-state index contributed by atoms with van der Waals surface area (Å²) in [7, 11) is -0.115. The van der Waals surface area contributed by atoms with Crippen molar-refractivity contribution < 1.29 is 18.3 Å². The summed E-state index contributed by atoms with van der Waals surface area (Å²) in [5, 5.41) is 8.87. The van der Waals surface area contributed by atoms with Crippen LogP contribution in [0.5, 0.6) is 0 Å². The molecule has 1 aromatic carbocycles. The van der Waals surface area contributed by atoms with Crippen molar-refractivity contribution in [3.63, 3.8) is 0 Å². The van der Waals surface area contributed by atoms with Crippen LogP contribution in [0.15, 0.2) is 29.2 Å². The highest BCUT2D eigenvalue weighted by atomic mass is 32.2. The number of carbonyl (C=O) groups is 1. The fourth-order valence-corrected chi connectivity index (χ4v) is 2.76. The molecule has 0 spiro atoms. The number of carboxylic acid groups (broad SMARTS) is 1. The molecule has 0 aromatic heterocycles. The summed E-state index contributed by atoms with van der Waals surface area (Å²) in [6.45, 7) is 1.61. The van der Waals surface area contributed by atoms with Crippen molar-refractivity contribution in [3.8, 4) is 0 Å². The molecule has 1 atom stereocenters. The second-order valence-electron chi connectivity index (χ2n) is 4.31. The highest BCUT2D eigenvalue weighted by Gasteiger charge is 2.23. The second kappa shape index (κ2) is 6.03. The molecule has 0 aliphatic heterocycles. The first kappa shape index (κ1) is 15.5. The molecule has 6 nitrogen and oxygen atoms in total. The second-order valence-corrected chi connectivity index (χ2v) is 6.02. The van der Waals surface area contributed by atoms with Gasteiger partial charge in [-0.2, -0.15) is 4.72 Å². The van der Waals surface area contributed by atoms with Crippen LogP contribution in [0.3, 0.4) is 0 Å². The number of nitrogens with one attached hydrogen (secondary N) is 1. The lowest BCUT2D eigenvalue weighted by molar-refractivity contribution is -0.139. The fourth-order valence-electron chi connectivity index (χ4n) is 1.49. The number of sulfonamides is 1. The number of nitrogens with zero attached hydrogens (tertiary/aromatic N) is 1. The van der Waals surface area contributed by atoms with Gasteiger partial charge in [-0.25, -0.2) is 8.42 Å². The Morgan fingerprint density at radius 1 is 1.32 bits per heavy atom. The van der Waals surface area contributed by atoms with Crippen LogP contribution in [0.1, 0.15) is 13.3 Å². The van der Waals surface area contributed by atoms with Crippen molar-refractivity contribution in [2.24, 2.45) is 0 Å². The lowest BCUT2D eigenvalue weighted by atomic mass is 10.2. The van der Waals surface area contributed by atoms with Crippen molar-refractivity contribution in [1.82, 2.24) is 4.72 Å². The minimum atomic E-state index is -3.81. The largest absolute Gasteiger partial charge is 0.480 e. The lowest BCUT2D eigenvalue weighted by Gasteiger charge is -2.15. The lowest BCUT2D eigenvalue weighted by Crippen LogP contribution is -2.40. The molecule has 0 amide bonds. The summed E-state index contributed by atoms with van der Waals surface area (Å²) in [4.78, 5) is 12.7. The van der Waals surface area contributed by atoms with Crippen LogP contribution < -0.4 is 9.62 Å². The van der Waals surface area contributed by atoms with Gasteiger partial charge in [-0.15, -0.1) is 0 Å². The molecule has 0 aliphatic carbocycles. The Morgan fingerprint density at radius 3 is 2.21 bits per heavy atom. The van der Waals surface area contributed by atoms with Crippen molar-refractivity contribution in [3.05, 3.63) is 24.3 Å². The number of carboxylic acids is 1. The molecule has 0 bridgehead atoms. The zero-order valence-electron chi connectivity index (χ0n) is 11.1. The van der Waals surface area contributed by atoms with Gasteiger partial charge in [0.05, 0.1) is 4.90 Å². The number of rotatable bonds is 6. The van der Waals surface area contributed by atoms with E-state index >= 15 is 0 Å². The smallest absolute Gasteiger partial charge is 0.321 e. The van der Waals surface area contributed by atoms with Crippen molar-refractivity contribution in [2.45, 2.75) is 24.3 Å². The van der Waals surface area contributed by atoms with Gasteiger partial charge in [0.25, 0.3) is 0 Å². The minimum absolute atomic E-state index is 0.0535. The molecule has 1 rings (SSSR count). The average Bonchev–Trinajstić information content (AvgIpc) is 2.35. The van der Waals surface area contributed by atoms with E-state index in [1.807, 2.05) is 19.0 Å². The Morgan fingerprint density at radius 2 is 1.84 bits per heavy atom. The van der Waals surface area contributed by atoms with Gasteiger partial charge >= 0.3 is 5.97 Å². The van der Waals surface area contributed by atoms with E-state index in [4.69, 9.17) is 5.11 Å². The third-order valence-corrected chi connectivity index (χ3v) is 4.15. The van der Waals surface area contributed by atoms with Crippen molar-refractivity contribution in [2.75, 3.05) is 19.0 Å². The van der Waals surface area contributed by atoms with Crippen LogP contribution >= 0.6 is 0 Å². The topological polar surface area (TPSA) is 86.7 Å². The molecule has 1 aromatic rings. The molecule has 0 saturated heterocycles. The maximum atomic E-state index is 12.0. The number of hydrogen-bond donors (Lipinski definition) is 2. The Hall–Kier alpha value is -1.60. The van der Waals surface area contributed by atoms with E-state index in [1.54, 1.807) is 19.1 Å². The Kier molecular flexibility index (Phi) is 4.90. The minimum Gasteiger partial charge on any atom is -0.480 e. The molecule has 0 aliphatic rings. The van der Waals surface area contributed by atoms with Crippen LogP contribution in [0.25, 0.3) is 0 Å². The van der Waals surface area contributed by atoms with E-state index in [0.29, 0.717) is 0 Å². The van der Waals surface area contributed by atoms with Crippen molar-refractivity contribution in [1.29, 1.82) is 0 Å². The molecule has 0 saturated carbocycles. The number of hydrogen-bond acceptors (Lipinski definition) is 4. The fraction of sp³-hybridized carbons (Fsp3) is 0.417. The quantitative estimate of drug-likeness (QED) is 0.811. The maximum absolute atomic E-state index is 12.0. The van der Waals surface area contributed by atoms with Crippen LogP contribution in [0.2, 0.25) is 0 Å². The summed E-state index contributed by atoms with van der Waals surface area (Å²) >= 11 is 0. The standard InChI is InChI=1S/C12H18N2O4S/c1-4-11(12(15)16)13-19(17,18)10-7-5-9(6-8-10)14(2)3/h5-8,11,13H,4H2,1-3H3,(H,15,16). The molecular weight excluding hydrogens is 268 g/mol. The molecule has 2 N–H and O–H groups in total. The third-order valence-electron chi connectivity index (χ3n) is 2.67. The average molecular weight is 286 g/mol. The molecular formula is C12H18N2O4S. The van der Waals surface area contributed by atoms with E-state index in [0.717, 1.165) is 5.69 Å².